The number of carboxylic acid groups (broad SMARTS) is 1. The van der Waals surface area contributed by atoms with Gasteiger partial charge in [0.25, 0.3) is 5.91 Å². The average Bonchev–Trinajstić information content (AvgIpc) is 2.83. The first-order valence-electron chi connectivity index (χ1n) is 5.81. The molecule has 2 heterocycles. The minimum Gasteiger partial charge on any atom is -0.481 e. The molecule has 104 valence electrons. The largest absolute Gasteiger partial charge is 0.481 e. The number of carboxylic acids is 1. The Balaban J connectivity index is 1.99. The molecule has 1 aliphatic heterocycles. The highest BCUT2D eigenvalue weighted by Gasteiger charge is 2.40. The van der Waals surface area contributed by atoms with Gasteiger partial charge in [0, 0.05) is 19.8 Å². The second-order valence-electron chi connectivity index (χ2n) is 4.42. The molecule has 0 bridgehead atoms. The maximum absolute atomic E-state index is 11.7. The number of amides is 1. The Kier molecular flexibility index (Phi) is 3.65. The van der Waals surface area contributed by atoms with E-state index in [4.69, 9.17) is 10.5 Å². The first-order chi connectivity index (χ1) is 9.03. The number of nitrogens with one attached hydrogen (secondary N) is 2. The molecule has 19 heavy (non-hydrogen) atoms. The summed E-state index contributed by atoms with van der Waals surface area (Å²) < 4.78 is 5.15. The molecular formula is C10H15N5O4. The number of nitrogens with zero attached hydrogens (tertiary/aromatic N) is 2. The summed E-state index contributed by atoms with van der Waals surface area (Å²) in [4.78, 5) is 26.8. The van der Waals surface area contributed by atoms with Gasteiger partial charge in [-0.15, -0.1) is 5.10 Å². The molecule has 0 atom stereocenters. The van der Waals surface area contributed by atoms with E-state index in [1.54, 1.807) is 0 Å². The van der Waals surface area contributed by atoms with Crippen molar-refractivity contribution in [1.82, 2.24) is 20.5 Å². The summed E-state index contributed by atoms with van der Waals surface area (Å²) in [7, 11) is 0. The first-order valence-corrected chi connectivity index (χ1v) is 5.81. The molecule has 0 aliphatic carbocycles. The summed E-state index contributed by atoms with van der Waals surface area (Å²) in [6.07, 6.45) is 0.725. The van der Waals surface area contributed by atoms with E-state index in [1.807, 2.05) is 0 Å². The highest BCUT2D eigenvalue weighted by molar-refractivity contribution is 5.91. The van der Waals surface area contributed by atoms with E-state index in [2.05, 4.69) is 20.5 Å². The van der Waals surface area contributed by atoms with Gasteiger partial charge in [0.05, 0.1) is 5.41 Å². The fourth-order valence-corrected chi connectivity index (χ4v) is 1.94. The van der Waals surface area contributed by atoms with Crippen molar-refractivity contribution in [3.63, 3.8) is 0 Å². The van der Waals surface area contributed by atoms with Gasteiger partial charge in [-0.1, -0.05) is 0 Å². The Morgan fingerprint density at radius 2 is 2.16 bits per heavy atom. The smallest absolute Gasteiger partial charge is 0.311 e. The van der Waals surface area contributed by atoms with Crippen LogP contribution in [0.15, 0.2) is 0 Å². The van der Waals surface area contributed by atoms with Gasteiger partial charge in [0.15, 0.2) is 0 Å². The Hall–Kier alpha value is -2.16. The van der Waals surface area contributed by atoms with E-state index in [-0.39, 0.29) is 18.3 Å². The van der Waals surface area contributed by atoms with Gasteiger partial charge >= 0.3 is 5.97 Å². The zero-order valence-electron chi connectivity index (χ0n) is 10.2. The Labute approximate surface area is 108 Å². The summed E-state index contributed by atoms with van der Waals surface area (Å²) in [6, 6.07) is 0. The van der Waals surface area contributed by atoms with Crippen molar-refractivity contribution >= 4 is 17.8 Å². The summed E-state index contributed by atoms with van der Waals surface area (Å²) in [6.45, 7) is 0.764. The summed E-state index contributed by atoms with van der Waals surface area (Å²) in [5.74, 6) is -1.54. The van der Waals surface area contributed by atoms with Crippen LogP contribution in [-0.4, -0.2) is 51.9 Å². The highest BCUT2D eigenvalue weighted by Crippen LogP contribution is 2.30. The highest BCUT2D eigenvalue weighted by atomic mass is 16.5. The van der Waals surface area contributed by atoms with Crippen LogP contribution in [0.2, 0.25) is 0 Å². The van der Waals surface area contributed by atoms with Gasteiger partial charge < -0.3 is 20.9 Å². The molecule has 9 nitrogen and oxygen atoms in total. The van der Waals surface area contributed by atoms with Crippen LogP contribution in [0.3, 0.4) is 0 Å². The number of aliphatic carboxylic acids is 1. The Morgan fingerprint density at radius 1 is 1.47 bits per heavy atom. The van der Waals surface area contributed by atoms with E-state index < -0.39 is 17.3 Å². The fraction of sp³-hybridized carbons (Fsp3) is 0.600. The molecule has 2 rings (SSSR count). The number of rotatable bonds is 4. The SMILES string of the molecule is Nc1n[nH]c(C(=O)NCC2(C(=O)O)CCOCC2)n1. The Morgan fingerprint density at radius 3 is 2.68 bits per heavy atom. The third-order valence-electron chi connectivity index (χ3n) is 3.21. The monoisotopic (exact) mass is 269 g/mol. The maximum Gasteiger partial charge on any atom is 0.311 e. The molecule has 5 N–H and O–H groups in total. The van der Waals surface area contributed by atoms with Crippen LogP contribution in [0.1, 0.15) is 23.5 Å². The van der Waals surface area contributed by atoms with Gasteiger partial charge in [0.1, 0.15) is 0 Å². The molecule has 1 aromatic heterocycles. The molecule has 0 radical (unpaired) electrons. The van der Waals surface area contributed by atoms with Crippen LogP contribution in [0, 0.1) is 5.41 Å². The number of carbonyl (C=O) groups excluding carboxylic acids is 1. The number of H-pyrrole nitrogens is 1. The standard InChI is InChI=1S/C10H15N5O4/c11-9-13-6(14-15-9)7(16)12-5-10(8(17)18)1-3-19-4-2-10/h1-5H2,(H,12,16)(H,17,18)(H3,11,13,14,15). The topological polar surface area (TPSA) is 143 Å². The lowest BCUT2D eigenvalue weighted by molar-refractivity contribution is -0.154. The molecule has 0 unspecified atom stereocenters. The van der Waals surface area contributed by atoms with Crippen LogP contribution >= 0.6 is 0 Å². The second kappa shape index (κ2) is 5.22. The second-order valence-corrected chi connectivity index (χ2v) is 4.42. The predicted octanol–water partition coefficient (Wildman–Crippen LogP) is -1.00. The molecule has 0 spiro atoms. The van der Waals surface area contributed by atoms with Crippen LogP contribution in [0.25, 0.3) is 0 Å². The summed E-state index contributed by atoms with van der Waals surface area (Å²) in [5, 5.41) is 17.7. The van der Waals surface area contributed by atoms with Crippen molar-refractivity contribution in [1.29, 1.82) is 0 Å². The van der Waals surface area contributed by atoms with E-state index in [1.165, 1.54) is 0 Å². The van der Waals surface area contributed by atoms with Gasteiger partial charge in [-0.3, -0.25) is 14.7 Å². The number of aromatic nitrogens is 3. The molecule has 1 aromatic rings. The number of aromatic amines is 1. The van der Waals surface area contributed by atoms with Crippen molar-refractivity contribution in [2.45, 2.75) is 12.8 Å². The number of nitrogen functional groups attached to an aromatic ring is 1. The number of anilines is 1. The quantitative estimate of drug-likeness (QED) is 0.548. The van der Waals surface area contributed by atoms with Crippen LogP contribution < -0.4 is 11.1 Å². The lowest BCUT2D eigenvalue weighted by Gasteiger charge is -2.32. The lowest BCUT2D eigenvalue weighted by Crippen LogP contribution is -2.46. The van der Waals surface area contributed by atoms with Crippen molar-refractivity contribution in [3.05, 3.63) is 5.82 Å². The third kappa shape index (κ3) is 2.81. The molecule has 0 aromatic carbocycles. The van der Waals surface area contributed by atoms with E-state index in [0.29, 0.717) is 26.1 Å². The number of carbonyl (C=O) groups is 2. The van der Waals surface area contributed by atoms with Crippen LogP contribution in [0.4, 0.5) is 5.95 Å². The average molecular weight is 269 g/mol. The normalized spacial score (nSPS) is 17.9. The maximum atomic E-state index is 11.7. The van der Waals surface area contributed by atoms with Gasteiger partial charge in [-0.2, -0.15) is 4.98 Å². The molecule has 0 saturated carbocycles. The van der Waals surface area contributed by atoms with Crippen molar-refractivity contribution < 1.29 is 19.4 Å². The van der Waals surface area contributed by atoms with Crippen LogP contribution in [0.5, 0.6) is 0 Å². The summed E-state index contributed by atoms with van der Waals surface area (Å²) in [5.41, 5.74) is 4.30. The molecular weight excluding hydrogens is 254 g/mol. The fourth-order valence-electron chi connectivity index (χ4n) is 1.94. The zero-order chi connectivity index (χ0) is 13.9. The third-order valence-corrected chi connectivity index (χ3v) is 3.21. The molecule has 9 heteroatoms. The number of hydrogen-bond donors (Lipinski definition) is 4. The molecule has 1 saturated heterocycles. The van der Waals surface area contributed by atoms with Gasteiger partial charge in [0.2, 0.25) is 11.8 Å². The van der Waals surface area contributed by atoms with E-state index in [9.17, 15) is 14.7 Å². The molecule has 1 fully saturated rings. The van der Waals surface area contributed by atoms with Crippen molar-refractivity contribution in [2.24, 2.45) is 5.41 Å². The Bertz CT molecular complexity index is 480. The zero-order valence-corrected chi connectivity index (χ0v) is 10.2. The van der Waals surface area contributed by atoms with Crippen molar-refractivity contribution in [2.75, 3.05) is 25.5 Å². The number of hydrogen-bond acceptors (Lipinski definition) is 6. The van der Waals surface area contributed by atoms with E-state index >= 15 is 0 Å². The van der Waals surface area contributed by atoms with Crippen LogP contribution in [-0.2, 0) is 9.53 Å². The predicted molar refractivity (Wildman–Crippen MR) is 63.3 cm³/mol. The lowest BCUT2D eigenvalue weighted by atomic mass is 9.80. The molecule has 1 aliphatic rings. The summed E-state index contributed by atoms with van der Waals surface area (Å²) >= 11 is 0. The minimum absolute atomic E-state index is 0.0190. The molecule has 1 amide bonds. The van der Waals surface area contributed by atoms with Crippen molar-refractivity contribution in [3.8, 4) is 0 Å². The minimum atomic E-state index is -0.987. The van der Waals surface area contributed by atoms with E-state index in [0.717, 1.165) is 0 Å². The number of ether oxygens (including phenoxy) is 1. The first kappa shape index (κ1) is 13.3. The number of nitrogens with two attached hydrogens (primary N) is 1. The van der Waals surface area contributed by atoms with Gasteiger partial charge in [-0.05, 0) is 12.8 Å². The van der Waals surface area contributed by atoms with Gasteiger partial charge in [-0.25, -0.2) is 0 Å².